The van der Waals surface area contributed by atoms with Crippen LogP contribution in [-0.2, 0) is 9.47 Å². The Hall–Kier alpha value is -0.120. The molecule has 0 bridgehead atoms. The zero-order valence-electron chi connectivity index (χ0n) is 10.8. The van der Waals surface area contributed by atoms with Gasteiger partial charge in [-0.1, -0.05) is 26.2 Å². The summed E-state index contributed by atoms with van der Waals surface area (Å²) in [6, 6.07) is 0.753. The van der Waals surface area contributed by atoms with Crippen molar-refractivity contribution >= 4 is 0 Å². The molecule has 1 saturated carbocycles. The van der Waals surface area contributed by atoms with E-state index < -0.39 is 0 Å². The molecule has 16 heavy (non-hydrogen) atoms. The summed E-state index contributed by atoms with van der Waals surface area (Å²) in [6.45, 7) is 4.74. The molecule has 0 aromatic rings. The topological polar surface area (TPSA) is 30.5 Å². The van der Waals surface area contributed by atoms with Crippen LogP contribution >= 0.6 is 0 Å². The van der Waals surface area contributed by atoms with Gasteiger partial charge in [-0.15, -0.1) is 0 Å². The van der Waals surface area contributed by atoms with Crippen LogP contribution < -0.4 is 5.32 Å². The number of hydrogen-bond acceptors (Lipinski definition) is 3. The van der Waals surface area contributed by atoms with Crippen molar-refractivity contribution in [3.05, 3.63) is 0 Å². The maximum atomic E-state index is 5.82. The lowest BCUT2D eigenvalue weighted by molar-refractivity contribution is -0.00259. The number of nitrogens with one attached hydrogen (secondary N) is 1. The standard InChI is InChI=1S/C13H27NO2/c1-3-4-5-6-9-16-13(11-15-2)10-14-12-7-8-12/h12-14H,3-11H2,1-2H3. The second-order valence-electron chi connectivity index (χ2n) is 4.69. The molecule has 0 heterocycles. The quantitative estimate of drug-likeness (QED) is 0.552. The van der Waals surface area contributed by atoms with Crippen LogP contribution in [0, 0.1) is 0 Å². The van der Waals surface area contributed by atoms with Crippen LogP contribution in [0.15, 0.2) is 0 Å². The lowest BCUT2D eigenvalue weighted by Gasteiger charge is -2.17. The zero-order valence-corrected chi connectivity index (χ0v) is 10.8. The van der Waals surface area contributed by atoms with E-state index >= 15 is 0 Å². The predicted octanol–water partition coefficient (Wildman–Crippen LogP) is 2.35. The summed E-state index contributed by atoms with van der Waals surface area (Å²) in [4.78, 5) is 0. The van der Waals surface area contributed by atoms with Crippen molar-refractivity contribution in [2.24, 2.45) is 0 Å². The largest absolute Gasteiger partial charge is 0.382 e. The summed E-state index contributed by atoms with van der Waals surface area (Å²) in [7, 11) is 1.74. The second kappa shape index (κ2) is 8.97. The maximum Gasteiger partial charge on any atom is 0.0932 e. The molecule has 0 spiro atoms. The van der Waals surface area contributed by atoms with Crippen LogP contribution in [0.4, 0.5) is 0 Å². The Morgan fingerprint density at radius 3 is 2.69 bits per heavy atom. The molecule has 1 fully saturated rings. The third-order valence-corrected chi connectivity index (χ3v) is 2.92. The zero-order chi connectivity index (χ0) is 11.6. The van der Waals surface area contributed by atoms with Crippen molar-refractivity contribution in [3.63, 3.8) is 0 Å². The number of methoxy groups -OCH3 is 1. The molecule has 0 amide bonds. The summed E-state index contributed by atoms with van der Waals surface area (Å²) in [5.74, 6) is 0. The van der Waals surface area contributed by atoms with Crippen molar-refractivity contribution in [3.8, 4) is 0 Å². The van der Waals surface area contributed by atoms with Gasteiger partial charge in [-0.3, -0.25) is 0 Å². The molecule has 1 rings (SSSR count). The average Bonchev–Trinajstić information content (AvgIpc) is 3.09. The molecular formula is C13H27NO2. The lowest BCUT2D eigenvalue weighted by Crippen LogP contribution is -2.34. The van der Waals surface area contributed by atoms with Gasteiger partial charge in [0.25, 0.3) is 0 Å². The van der Waals surface area contributed by atoms with E-state index in [9.17, 15) is 0 Å². The molecule has 0 aromatic heterocycles. The fourth-order valence-corrected chi connectivity index (χ4v) is 1.72. The van der Waals surface area contributed by atoms with E-state index in [1.54, 1.807) is 7.11 Å². The normalized spacial score (nSPS) is 17.6. The van der Waals surface area contributed by atoms with E-state index in [1.807, 2.05) is 0 Å². The molecular weight excluding hydrogens is 202 g/mol. The molecule has 0 aliphatic heterocycles. The summed E-state index contributed by atoms with van der Waals surface area (Å²) in [5.41, 5.74) is 0. The number of ether oxygens (including phenoxy) is 2. The molecule has 1 unspecified atom stereocenters. The first-order chi connectivity index (χ1) is 7.86. The fourth-order valence-electron chi connectivity index (χ4n) is 1.72. The van der Waals surface area contributed by atoms with E-state index in [0.717, 1.165) is 19.2 Å². The Kier molecular flexibility index (Phi) is 7.81. The third-order valence-electron chi connectivity index (χ3n) is 2.92. The van der Waals surface area contributed by atoms with Crippen LogP contribution in [0.5, 0.6) is 0 Å². The highest BCUT2D eigenvalue weighted by Crippen LogP contribution is 2.18. The minimum Gasteiger partial charge on any atom is -0.382 e. The number of unbranched alkanes of at least 4 members (excludes halogenated alkanes) is 3. The minimum absolute atomic E-state index is 0.229. The van der Waals surface area contributed by atoms with Gasteiger partial charge in [-0.25, -0.2) is 0 Å². The van der Waals surface area contributed by atoms with Gasteiger partial charge < -0.3 is 14.8 Å². The summed E-state index contributed by atoms with van der Waals surface area (Å²) < 4.78 is 11.0. The Bertz CT molecular complexity index is 160. The summed E-state index contributed by atoms with van der Waals surface area (Å²) >= 11 is 0. The second-order valence-corrected chi connectivity index (χ2v) is 4.69. The van der Waals surface area contributed by atoms with Gasteiger partial charge >= 0.3 is 0 Å². The Morgan fingerprint density at radius 2 is 2.06 bits per heavy atom. The van der Waals surface area contributed by atoms with Gasteiger partial charge in [0.15, 0.2) is 0 Å². The van der Waals surface area contributed by atoms with Crippen molar-refractivity contribution in [2.45, 2.75) is 57.6 Å². The summed E-state index contributed by atoms with van der Waals surface area (Å²) in [6.07, 6.45) is 7.95. The van der Waals surface area contributed by atoms with Crippen LogP contribution in [0.25, 0.3) is 0 Å². The average molecular weight is 229 g/mol. The molecule has 0 aromatic carbocycles. The van der Waals surface area contributed by atoms with Gasteiger partial charge in [0.1, 0.15) is 0 Å². The smallest absolute Gasteiger partial charge is 0.0932 e. The molecule has 1 aliphatic rings. The molecule has 0 radical (unpaired) electrons. The Balaban J connectivity index is 1.97. The van der Waals surface area contributed by atoms with Crippen LogP contribution in [0.3, 0.4) is 0 Å². The third kappa shape index (κ3) is 7.20. The molecule has 1 atom stereocenters. The maximum absolute atomic E-state index is 5.82. The lowest BCUT2D eigenvalue weighted by atomic mass is 10.2. The highest BCUT2D eigenvalue weighted by Gasteiger charge is 2.21. The fraction of sp³-hybridized carbons (Fsp3) is 1.00. The van der Waals surface area contributed by atoms with Crippen molar-refractivity contribution in [1.82, 2.24) is 5.32 Å². The monoisotopic (exact) mass is 229 g/mol. The molecule has 3 nitrogen and oxygen atoms in total. The number of rotatable bonds is 11. The van der Waals surface area contributed by atoms with Crippen LogP contribution in [0.1, 0.15) is 45.4 Å². The van der Waals surface area contributed by atoms with E-state index in [1.165, 1.54) is 38.5 Å². The van der Waals surface area contributed by atoms with Gasteiger partial charge in [0.05, 0.1) is 12.7 Å². The molecule has 96 valence electrons. The highest BCUT2D eigenvalue weighted by atomic mass is 16.5. The molecule has 1 aliphatic carbocycles. The molecule has 3 heteroatoms. The van der Waals surface area contributed by atoms with E-state index in [-0.39, 0.29) is 6.10 Å². The molecule has 0 saturated heterocycles. The van der Waals surface area contributed by atoms with Gasteiger partial charge in [0, 0.05) is 26.3 Å². The van der Waals surface area contributed by atoms with Gasteiger partial charge in [-0.05, 0) is 19.3 Å². The van der Waals surface area contributed by atoms with Gasteiger partial charge in [0.2, 0.25) is 0 Å². The number of hydrogen-bond donors (Lipinski definition) is 1. The first-order valence-electron chi connectivity index (χ1n) is 6.70. The minimum atomic E-state index is 0.229. The van der Waals surface area contributed by atoms with Crippen molar-refractivity contribution < 1.29 is 9.47 Å². The van der Waals surface area contributed by atoms with E-state index in [2.05, 4.69) is 12.2 Å². The van der Waals surface area contributed by atoms with Crippen LogP contribution in [0.2, 0.25) is 0 Å². The van der Waals surface area contributed by atoms with Gasteiger partial charge in [-0.2, -0.15) is 0 Å². The van der Waals surface area contributed by atoms with Crippen molar-refractivity contribution in [2.75, 3.05) is 26.9 Å². The SMILES string of the molecule is CCCCCCOC(CNC1CC1)COC. The van der Waals surface area contributed by atoms with E-state index in [4.69, 9.17) is 9.47 Å². The predicted molar refractivity (Wildman–Crippen MR) is 66.8 cm³/mol. The first kappa shape index (κ1) is 13.9. The highest BCUT2D eigenvalue weighted by molar-refractivity contribution is 4.82. The molecule has 1 N–H and O–H groups in total. The van der Waals surface area contributed by atoms with Crippen LogP contribution in [-0.4, -0.2) is 39.0 Å². The van der Waals surface area contributed by atoms with Crippen molar-refractivity contribution in [1.29, 1.82) is 0 Å². The Morgan fingerprint density at radius 1 is 1.25 bits per heavy atom. The van der Waals surface area contributed by atoms with E-state index in [0.29, 0.717) is 6.61 Å². The first-order valence-corrected chi connectivity index (χ1v) is 6.70. The summed E-state index contributed by atoms with van der Waals surface area (Å²) in [5, 5.41) is 3.49. The Labute approximate surface area is 99.9 Å².